The first-order chi connectivity index (χ1) is 9.78. The number of hydrogen-bond acceptors (Lipinski definition) is 1. The molecule has 4 rings (SSSR count). The zero-order chi connectivity index (χ0) is 15.3. The lowest BCUT2D eigenvalue weighted by atomic mass is 9.46. The van der Waals surface area contributed by atoms with Crippen LogP contribution in [0.1, 0.15) is 59.4 Å². The van der Waals surface area contributed by atoms with Gasteiger partial charge >= 0.3 is 0 Å². The van der Waals surface area contributed by atoms with E-state index in [9.17, 15) is 0 Å². The maximum Gasteiger partial charge on any atom is 0.119 e. The van der Waals surface area contributed by atoms with Gasteiger partial charge in [-0.15, -0.1) is 0 Å². The molecule has 1 aromatic rings. The molecule has 116 valence electrons. The van der Waals surface area contributed by atoms with Crippen molar-refractivity contribution in [1.82, 2.24) is 0 Å². The van der Waals surface area contributed by atoms with E-state index < -0.39 is 0 Å². The van der Waals surface area contributed by atoms with Gasteiger partial charge in [-0.1, -0.05) is 46.8 Å². The predicted molar refractivity (Wildman–Crippen MR) is 88.7 cm³/mol. The van der Waals surface area contributed by atoms with E-state index in [4.69, 9.17) is 4.74 Å². The molecule has 1 heteroatoms. The Balaban J connectivity index is 1.58. The maximum atomic E-state index is 6.10. The summed E-state index contributed by atoms with van der Waals surface area (Å²) in [4.78, 5) is 0. The summed E-state index contributed by atoms with van der Waals surface area (Å²) in [6.07, 6.45) is 4.20. The molecular formula is C20H30O. The van der Waals surface area contributed by atoms with Crippen molar-refractivity contribution in [3.8, 4) is 5.75 Å². The van der Waals surface area contributed by atoms with Crippen molar-refractivity contribution < 1.29 is 4.74 Å². The Morgan fingerprint density at radius 3 is 2.29 bits per heavy atom. The van der Waals surface area contributed by atoms with Crippen LogP contribution in [-0.4, -0.2) is 6.61 Å². The number of benzene rings is 1. The third kappa shape index (κ3) is 2.72. The lowest BCUT2D eigenvalue weighted by molar-refractivity contribution is -0.114. The highest BCUT2D eigenvalue weighted by atomic mass is 16.5. The van der Waals surface area contributed by atoms with Gasteiger partial charge in [-0.2, -0.15) is 0 Å². The molecule has 0 amide bonds. The third-order valence-corrected chi connectivity index (χ3v) is 6.19. The summed E-state index contributed by atoms with van der Waals surface area (Å²) < 4.78 is 6.10. The monoisotopic (exact) mass is 286 g/mol. The molecular weight excluding hydrogens is 256 g/mol. The van der Waals surface area contributed by atoms with Gasteiger partial charge in [0.25, 0.3) is 0 Å². The zero-order valence-corrected chi connectivity index (χ0v) is 14.3. The average molecular weight is 286 g/mol. The maximum absolute atomic E-state index is 6.10. The molecule has 0 radical (unpaired) electrons. The number of ether oxygens (including phenoxy) is 1. The third-order valence-electron chi connectivity index (χ3n) is 6.19. The van der Waals surface area contributed by atoms with E-state index in [1.807, 2.05) is 0 Å². The largest absolute Gasteiger partial charge is 0.493 e. The van der Waals surface area contributed by atoms with E-state index in [1.165, 1.54) is 24.8 Å². The van der Waals surface area contributed by atoms with Gasteiger partial charge in [0.15, 0.2) is 0 Å². The first-order valence-corrected chi connectivity index (χ1v) is 8.52. The number of rotatable bonds is 3. The van der Waals surface area contributed by atoms with Crippen LogP contribution in [0.5, 0.6) is 5.75 Å². The van der Waals surface area contributed by atoms with Crippen molar-refractivity contribution >= 4 is 0 Å². The SMILES string of the molecule is CC(C)(C)c1ccc(OC[C@@H]2CC[C@@H]3C[C@H]2C3(C)C)cc1. The van der Waals surface area contributed by atoms with Gasteiger partial charge in [0, 0.05) is 0 Å². The van der Waals surface area contributed by atoms with Crippen LogP contribution in [0, 0.1) is 23.2 Å². The summed E-state index contributed by atoms with van der Waals surface area (Å²) in [6, 6.07) is 8.69. The first-order valence-electron chi connectivity index (χ1n) is 8.52. The molecule has 3 saturated carbocycles. The first kappa shape index (κ1) is 14.9. The van der Waals surface area contributed by atoms with Crippen LogP contribution in [0.3, 0.4) is 0 Å². The van der Waals surface area contributed by atoms with Crippen molar-refractivity contribution in [2.24, 2.45) is 23.2 Å². The van der Waals surface area contributed by atoms with Gasteiger partial charge in [0.2, 0.25) is 0 Å². The molecule has 0 N–H and O–H groups in total. The molecule has 21 heavy (non-hydrogen) atoms. The molecule has 0 spiro atoms. The molecule has 2 bridgehead atoms. The van der Waals surface area contributed by atoms with Crippen LogP contribution in [-0.2, 0) is 5.41 Å². The Morgan fingerprint density at radius 1 is 1.10 bits per heavy atom. The Hall–Kier alpha value is -0.980. The average Bonchev–Trinajstić information content (AvgIpc) is 2.44. The normalized spacial score (nSPS) is 30.6. The highest BCUT2D eigenvalue weighted by Gasteiger charge is 2.54. The van der Waals surface area contributed by atoms with Crippen molar-refractivity contribution in [3.63, 3.8) is 0 Å². The van der Waals surface area contributed by atoms with E-state index in [0.29, 0.717) is 5.41 Å². The van der Waals surface area contributed by atoms with Crippen LogP contribution in [0.2, 0.25) is 0 Å². The summed E-state index contributed by atoms with van der Waals surface area (Å²) in [7, 11) is 0. The van der Waals surface area contributed by atoms with Gasteiger partial charge in [-0.3, -0.25) is 0 Å². The number of fused-ring (bicyclic) bond motifs is 2. The molecule has 3 fully saturated rings. The Kier molecular flexibility index (Phi) is 3.58. The molecule has 1 nitrogen and oxygen atoms in total. The van der Waals surface area contributed by atoms with E-state index in [-0.39, 0.29) is 5.41 Å². The van der Waals surface area contributed by atoms with E-state index >= 15 is 0 Å². The molecule has 0 heterocycles. The fourth-order valence-electron chi connectivity index (χ4n) is 4.42. The molecule has 0 saturated heterocycles. The van der Waals surface area contributed by atoms with Gasteiger partial charge in [-0.25, -0.2) is 0 Å². The van der Waals surface area contributed by atoms with Crippen molar-refractivity contribution in [1.29, 1.82) is 0 Å². The Morgan fingerprint density at radius 2 is 1.76 bits per heavy atom. The lowest BCUT2D eigenvalue weighted by Gasteiger charge is -2.60. The van der Waals surface area contributed by atoms with Crippen LogP contribution in [0.15, 0.2) is 24.3 Å². The Bertz CT molecular complexity index is 490. The summed E-state index contributed by atoms with van der Waals surface area (Å²) in [5, 5.41) is 0. The van der Waals surface area contributed by atoms with Crippen LogP contribution < -0.4 is 4.74 Å². The van der Waals surface area contributed by atoms with E-state index in [1.54, 1.807) is 0 Å². The topological polar surface area (TPSA) is 9.23 Å². The minimum Gasteiger partial charge on any atom is -0.493 e. The second-order valence-electron chi connectivity index (χ2n) is 8.78. The van der Waals surface area contributed by atoms with Gasteiger partial charge in [0.1, 0.15) is 5.75 Å². The van der Waals surface area contributed by atoms with Crippen LogP contribution >= 0.6 is 0 Å². The summed E-state index contributed by atoms with van der Waals surface area (Å²) in [5.74, 6) is 3.64. The molecule has 3 atom stereocenters. The Labute approximate surface area is 130 Å². The molecule has 1 aromatic carbocycles. The molecule has 0 aromatic heterocycles. The zero-order valence-electron chi connectivity index (χ0n) is 14.3. The fourth-order valence-corrected chi connectivity index (χ4v) is 4.42. The highest BCUT2D eigenvalue weighted by molar-refractivity contribution is 5.31. The minimum absolute atomic E-state index is 0.215. The second kappa shape index (κ2) is 5.04. The van der Waals surface area contributed by atoms with E-state index in [2.05, 4.69) is 58.9 Å². The minimum atomic E-state index is 0.215. The van der Waals surface area contributed by atoms with Gasteiger partial charge < -0.3 is 4.74 Å². The van der Waals surface area contributed by atoms with Crippen molar-refractivity contribution in [2.75, 3.05) is 6.61 Å². The molecule has 0 aliphatic heterocycles. The highest BCUT2D eigenvalue weighted by Crippen LogP contribution is 2.61. The van der Waals surface area contributed by atoms with Crippen LogP contribution in [0.25, 0.3) is 0 Å². The van der Waals surface area contributed by atoms with Gasteiger partial charge in [-0.05, 0) is 65.5 Å². The fraction of sp³-hybridized carbons (Fsp3) is 0.700. The van der Waals surface area contributed by atoms with Crippen molar-refractivity contribution in [2.45, 2.75) is 59.3 Å². The molecule has 0 unspecified atom stereocenters. The quantitative estimate of drug-likeness (QED) is 0.719. The summed E-state index contributed by atoms with van der Waals surface area (Å²) in [6.45, 7) is 12.6. The van der Waals surface area contributed by atoms with Crippen molar-refractivity contribution in [3.05, 3.63) is 29.8 Å². The standard InChI is InChI=1S/C20H30O/c1-19(2,3)15-8-10-17(11-9-15)21-13-14-6-7-16-12-18(14)20(16,4)5/h8-11,14,16,18H,6-7,12-13H2,1-5H3/t14-,16+,18+/m0/s1. The predicted octanol–water partition coefficient (Wildman–Crippen LogP) is 5.44. The smallest absolute Gasteiger partial charge is 0.119 e. The summed E-state index contributed by atoms with van der Waals surface area (Å²) in [5.41, 5.74) is 2.14. The van der Waals surface area contributed by atoms with E-state index in [0.717, 1.165) is 30.1 Å². The molecule has 3 aliphatic rings. The van der Waals surface area contributed by atoms with Crippen LogP contribution in [0.4, 0.5) is 0 Å². The second-order valence-corrected chi connectivity index (χ2v) is 8.78. The van der Waals surface area contributed by atoms with Gasteiger partial charge in [0.05, 0.1) is 6.61 Å². The summed E-state index contributed by atoms with van der Waals surface area (Å²) >= 11 is 0. The molecule has 3 aliphatic carbocycles. The number of hydrogen-bond donors (Lipinski definition) is 0. The lowest BCUT2D eigenvalue weighted by Crippen LogP contribution is -2.53.